The van der Waals surface area contributed by atoms with Crippen LogP contribution in [0.25, 0.3) is 0 Å². The predicted molar refractivity (Wildman–Crippen MR) is 58.6 cm³/mol. The minimum Gasteiger partial charge on any atom is -0.370 e. The lowest BCUT2D eigenvalue weighted by Crippen LogP contribution is -2.22. The maximum absolute atomic E-state index is 13.3. The third-order valence-corrected chi connectivity index (χ3v) is 2.54. The topological polar surface area (TPSA) is 64.4 Å². The molecule has 0 amide bonds. The van der Waals surface area contributed by atoms with E-state index in [9.17, 15) is 8.78 Å². The molecule has 0 aliphatic heterocycles. The zero-order valence-corrected chi connectivity index (χ0v) is 9.26. The van der Waals surface area contributed by atoms with Crippen LogP contribution in [-0.4, -0.2) is 5.96 Å². The average Bonchev–Trinajstić information content (AvgIpc) is 2.13. The third-order valence-electron chi connectivity index (χ3n) is 1.55. The highest BCUT2D eigenvalue weighted by molar-refractivity contribution is 14.1. The normalized spacial score (nSPS) is 9.93. The van der Waals surface area contributed by atoms with E-state index in [-0.39, 0.29) is 21.6 Å². The van der Waals surface area contributed by atoms with Gasteiger partial charge in [-0.1, -0.05) is 6.07 Å². The predicted octanol–water partition coefficient (Wildman–Crippen LogP) is 1.34. The van der Waals surface area contributed by atoms with Crippen LogP contribution >= 0.6 is 22.6 Å². The molecule has 0 saturated heterocycles. The number of nitrogens with zero attached hydrogens (tertiary/aromatic N) is 1. The van der Waals surface area contributed by atoms with Crippen molar-refractivity contribution in [2.24, 2.45) is 16.5 Å². The molecule has 14 heavy (non-hydrogen) atoms. The summed E-state index contributed by atoms with van der Waals surface area (Å²) in [5.41, 5.74) is 10.4. The summed E-state index contributed by atoms with van der Waals surface area (Å²) < 4.78 is 26.1. The second-order valence-electron chi connectivity index (χ2n) is 2.58. The molecule has 76 valence electrons. The summed E-state index contributed by atoms with van der Waals surface area (Å²) in [5.74, 6) is -1.32. The van der Waals surface area contributed by atoms with E-state index in [1.165, 1.54) is 12.1 Å². The van der Waals surface area contributed by atoms with Crippen LogP contribution in [0, 0.1) is 15.2 Å². The highest BCUT2D eigenvalue weighted by atomic mass is 123. The number of halogens is 3. The van der Waals surface area contributed by atoms with E-state index in [1.807, 2.05) is 0 Å². The van der Waals surface area contributed by atoms with E-state index in [1.54, 1.807) is 22.6 Å². The minimum absolute atomic E-state index is 0.0183. The van der Waals surface area contributed by atoms with Crippen LogP contribution in [0.3, 0.4) is 0 Å². The first-order chi connectivity index (χ1) is 6.52. The highest BCUT2D eigenvalue weighted by Gasteiger charge is 2.10. The van der Waals surface area contributed by atoms with Crippen LogP contribution < -0.4 is 11.5 Å². The van der Waals surface area contributed by atoms with Crippen molar-refractivity contribution in [2.75, 3.05) is 0 Å². The quantitative estimate of drug-likeness (QED) is 0.375. The molecule has 1 aromatic carbocycles. The summed E-state index contributed by atoms with van der Waals surface area (Å²) in [6, 6.07) is 2.50. The van der Waals surface area contributed by atoms with Gasteiger partial charge in [-0.3, -0.25) is 0 Å². The van der Waals surface area contributed by atoms with Gasteiger partial charge in [0.1, 0.15) is 11.6 Å². The van der Waals surface area contributed by atoms with Gasteiger partial charge in [0.05, 0.1) is 10.1 Å². The van der Waals surface area contributed by atoms with Crippen molar-refractivity contribution >= 4 is 28.6 Å². The molecule has 6 heteroatoms. The summed E-state index contributed by atoms with van der Waals surface area (Å²) >= 11 is 1.59. The monoisotopic (exact) mass is 307 g/mol. The molecule has 0 aliphatic carbocycles. The zero-order chi connectivity index (χ0) is 10.7. The van der Waals surface area contributed by atoms with Crippen LogP contribution in [0.1, 0.15) is 5.56 Å². The minimum atomic E-state index is -0.615. The summed E-state index contributed by atoms with van der Waals surface area (Å²) in [5, 5.41) is 0. The molecule has 3 nitrogen and oxygen atoms in total. The Kier molecular flexibility index (Phi) is 3.62. The largest absolute Gasteiger partial charge is 0.370 e. The van der Waals surface area contributed by atoms with Gasteiger partial charge in [0.25, 0.3) is 0 Å². The van der Waals surface area contributed by atoms with Crippen molar-refractivity contribution in [1.29, 1.82) is 0 Å². The summed E-state index contributed by atoms with van der Waals surface area (Å²) in [6.45, 7) is 0.0183. The van der Waals surface area contributed by atoms with Crippen molar-refractivity contribution < 1.29 is 8.78 Å². The van der Waals surface area contributed by atoms with Gasteiger partial charge in [-0.25, -0.2) is 13.8 Å². The van der Waals surface area contributed by atoms with Gasteiger partial charge < -0.3 is 11.5 Å². The Bertz CT molecular complexity index is 375. The van der Waals surface area contributed by atoms with Gasteiger partial charge in [-0.2, -0.15) is 0 Å². The standard InChI is InChI=1S/C8H8F2IN3/c9-5-2-1-4(3-14-8(12)13)6(10)7(5)11/h1-2H,3H2,(H4,12,13,14)/i11-4. The molecule has 1 rings (SSSR count). The maximum Gasteiger partial charge on any atom is 0.186 e. The van der Waals surface area contributed by atoms with E-state index in [4.69, 9.17) is 11.5 Å². The van der Waals surface area contributed by atoms with Gasteiger partial charge in [0, 0.05) is 5.56 Å². The number of hydrogen-bond donors (Lipinski definition) is 2. The summed E-state index contributed by atoms with van der Waals surface area (Å²) in [6.07, 6.45) is 0. The smallest absolute Gasteiger partial charge is 0.186 e. The van der Waals surface area contributed by atoms with Gasteiger partial charge in [-0.15, -0.1) is 0 Å². The van der Waals surface area contributed by atoms with Crippen molar-refractivity contribution in [3.05, 3.63) is 32.9 Å². The molecule has 0 bridgehead atoms. The molecule has 4 N–H and O–H groups in total. The van der Waals surface area contributed by atoms with Crippen molar-refractivity contribution in [3.63, 3.8) is 0 Å². The van der Waals surface area contributed by atoms with Gasteiger partial charge in [0.15, 0.2) is 5.96 Å². The van der Waals surface area contributed by atoms with Crippen molar-refractivity contribution in [1.82, 2.24) is 0 Å². The Morgan fingerprint density at radius 3 is 2.57 bits per heavy atom. The molecule has 0 heterocycles. The average molecular weight is 307 g/mol. The molecule has 0 radical (unpaired) electrons. The lowest BCUT2D eigenvalue weighted by Gasteiger charge is -2.02. The number of aliphatic imine (C=N–C) groups is 1. The third kappa shape index (κ3) is 2.53. The van der Waals surface area contributed by atoms with E-state index in [0.717, 1.165) is 0 Å². The second-order valence-corrected chi connectivity index (χ2v) is 3.65. The lowest BCUT2D eigenvalue weighted by atomic mass is 10.2. The Morgan fingerprint density at radius 2 is 2.00 bits per heavy atom. The van der Waals surface area contributed by atoms with Crippen LogP contribution in [0.4, 0.5) is 8.78 Å². The fourth-order valence-corrected chi connectivity index (χ4v) is 1.39. The molecular formula is C8H8F2IN3. The molecule has 1 aromatic rings. The zero-order valence-electron chi connectivity index (χ0n) is 7.10. The Balaban J connectivity index is 3.00. The van der Waals surface area contributed by atoms with E-state index in [2.05, 4.69) is 4.99 Å². The Hall–Kier alpha value is -0.920. The first-order valence-electron chi connectivity index (χ1n) is 3.70. The Morgan fingerprint density at radius 1 is 1.36 bits per heavy atom. The van der Waals surface area contributed by atoms with Gasteiger partial charge in [0.2, 0.25) is 0 Å². The molecule has 0 fully saturated rings. The summed E-state index contributed by atoms with van der Waals surface area (Å²) in [4.78, 5) is 3.63. The van der Waals surface area contributed by atoms with Crippen LogP contribution in [0.15, 0.2) is 17.1 Å². The van der Waals surface area contributed by atoms with E-state index < -0.39 is 11.6 Å². The fourth-order valence-electron chi connectivity index (χ4n) is 0.864. The number of guanidine groups is 1. The Labute approximate surface area is 93.3 Å². The van der Waals surface area contributed by atoms with Crippen molar-refractivity contribution in [3.8, 4) is 0 Å². The first-order valence-corrected chi connectivity index (χ1v) is 4.78. The van der Waals surface area contributed by atoms with Crippen molar-refractivity contribution in [2.45, 2.75) is 6.54 Å². The molecular weight excluding hydrogens is 299 g/mol. The number of hydrogen-bond acceptors (Lipinski definition) is 1. The lowest BCUT2D eigenvalue weighted by molar-refractivity contribution is 0.560. The molecule has 0 aromatic heterocycles. The highest BCUT2D eigenvalue weighted by Crippen LogP contribution is 2.19. The summed E-state index contributed by atoms with van der Waals surface area (Å²) in [7, 11) is 0. The van der Waals surface area contributed by atoms with Crippen LogP contribution in [0.2, 0.25) is 0 Å². The van der Waals surface area contributed by atoms with E-state index >= 15 is 0 Å². The molecule has 0 saturated carbocycles. The van der Waals surface area contributed by atoms with E-state index in [0.29, 0.717) is 0 Å². The maximum atomic E-state index is 13.3. The molecule has 0 unspecified atom stereocenters. The SMILES string of the molecule is NC(N)=NCc1ccc(F)c([123I])c1F. The van der Waals surface area contributed by atoms with Crippen LogP contribution in [-0.2, 0) is 6.54 Å². The molecule has 0 spiro atoms. The van der Waals surface area contributed by atoms with Gasteiger partial charge in [-0.05, 0) is 28.7 Å². The fraction of sp³-hybridized carbons (Fsp3) is 0.125. The number of benzene rings is 1. The van der Waals surface area contributed by atoms with Crippen LogP contribution in [0.5, 0.6) is 0 Å². The second kappa shape index (κ2) is 4.54. The first kappa shape index (κ1) is 11.2. The van der Waals surface area contributed by atoms with Gasteiger partial charge >= 0.3 is 0 Å². The number of rotatable bonds is 2. The molecule has 0 aliphatic rings. The number of nitrogens with two attached hydrogens (primary N) is 2. The molecule has 0 atom stereocenters.